The molecule has 3 aromatic heterocycles. The van der Waals surface area contributed by atoms with Crippen LogP contribution < -0.4 is 0 Å². The van der Waals surface area contributed by atoms with E-state index in [1.54, 1.807) is 86.6 Å². The summed E-state index contributed by atoms with van der Waals surface area (Å²) in [6.07, 6.45) is 1.01. The van der Waals surface area contributed by atoms with E-state index >= 15 is 0 Å². The molecule has 0 unspecified atom stereocenters. The molecule has 5 heterocycles. The third-order valence-corrected chi connectivity index (χ3v) is 11.2. The maximum atomic E-state index is 14.1. The molecule has 0 saturated heterocycles. The quantitative estimate of drug-likeness (QED) is 0.125. The fourth-order valence-electron chi connectivity index (χ4n) is 7.15. The predicted octanol–water partition coefficient (Wildman–Crippen LogP) is 11.0. The first-order chi connectivity index (χ1) is 27.3. The van der Waals surface area contributed by atoms with Crippen molar-refractivity contribution < 1.29 is 23.6 Å². The molecule has 0 bridgehead atoms. The number of carbonyl (C=O) groups excluding carboxylic acids is 4. The minimum absolute atomic E-state index is 0.0427. The molecule has 7 aromatic rings. The molecule has 9 nitrogen and oxygen atoms in total. The fraction of sp³-hybridized carbons (Fsp3) is 0.0930. The number of amides is 4. The molecule has 4 amide bonds. The summed E-state index contributed by atoms with van der Waals surface area (Å²) >= 11 is 25.1. The maximum absolute atomic E-state index is 14.1. The lowest BCUT2D eigenvalue weighted by atomic mass is 9.98. The second kappa shape index (κ2) is 14.9. The van der Waals surface area contributed by atoms with Crippen LogP contribution in [0.1, 0.15) is 78.5 Å². The van der Waals surface area contributed by atoms with Crippen LogP contribution in [-0.2, 0) is 0 Å². The first-order valence-corrected chi connectivity index (χ1v) is 19.0. The highest BCUT2D eigenvalue weighted by Gasteiger charge is 2.41. The first kappa shape index (κ1) is 38.1. The SMILES string of the molecule is C[C@@H](c1cc2cccc(Cl)c2nc1-c1cc(F)cnc1Cl)N1C(=O)c2ccccc2C1=O.C[C@@H](c1cc2cccc(Cl)c2nc1Cl)N1C(=O)c2ccccc2C1=O. The maximum Gasteiger partial charge on any atom is 0.262 e. The Morgan fingerprint density at radius 3 is 1.46 bits per heavy atom. The van der Waals surface area contributed by atoms with Crippen molar-refractivity contribution in [3.8, 4) is 11.3 Å². The Balaban J connectivity index is 0.000000165. The molecule has 0 N–H and O–H groups in total. The van der Waals surface area contributed by atoms with E-state index in [1.807, 2.05) is 24.3 Å². The Morgan fingerprint density at radius 2 is 0.965 bits per heavy atom. The van der Waals surface area contributed by atoms with Gasteiger partial charge in [-0.25, -0.2) is 19.3 Å². The van der Waals surface area contributed by atoms with Crippen LogP contribution in [0.2, 0.25) is 20.4 Å². The Hall–Kier alpha value is -5.78. The van der Waals surface area contributed by atoms with Crippen molar-refractivity contribution in [1.82, 2.24) is 24.8 Å². The largest absolute Gasteiger partial charge is 0.269 e. The molecule has 0 saturated carbocycles. The predicted molar refractivity (Wildman–Crippen MR) is 217 cm³/mol. The van der Waals surface area contributed by atoms with Crippen LogP contribution in [0.15, 0.2) is 109 Å². The zero-order valence-corrected chi connectivity index (χ0v) is 32.8. The smallest absolute Gasteiger partial charge is 0.262 e. The van der Waals surface area contributed by atoms with Gasteiger partial charge in [0.15, 0.2) is 0 Å². The monoisotopic (exact) mass is 835 g/mol. The van der Waals surface area contributed by atoms with Crippen LogP contribution in [0.3, 0.4) is 0 Å². The van der Waals surface area contributed by atoms with Crippen molar-refractivity contribution in [3.63, 3.8) is 0 Å². The van der Waals surface area contributed by atoms with E-state index < -0.39 is 29.7 Å². The number of para-hydroxylation sites is 2. The van der Waals surface area contributed by atoms with Gasteiger partial charge in [0.05, 0.1) is 67.3 Å². The Labute approximate surface area is 344 Å². The number of nitrogens with zero attached hydrogens (tertiary/aromatic N) is 5. The molecular weight excluding hydrogens is 811 g/mol. The van der Waals surface area contributed by atoms with Crippen molar-refractivity contribution in [2.75, 3.05) is 0 Å². The highest BCUT2D eigenvalue weighted by molar-refractivity contribution is 6.36. The molecule has 0 radical (unpaired) electrons. The molecule has 2 aliphatic heterocycles. The van der Waals surface area contributed by atoms with Gasteiger partial charge in [-0.15, -0.1) is 0 Å². The summed E-state index contributed by atoms with van der Waals surface area (Å²) in [4.78, 5) is 66.8. The van der Waals surface area contributed by atoms with E-state index in [2.05, 4.69) is 15.0 Å². The molecule has 0 aliphatic carbocycles. The Bertz CT molecular complexity index is 2800. The molecule has 9 rings (SSSR count). The van der Waals surface area contributed by atoms with Gasteiger partial charge in [-0.3, -0.25) is 29.0 Å². The van der Waals surface area contributed by atoms with Gasteiger partial charge in [0.2, 0.25) is 0 Å². The topological polar surface area (TPSA) is 113 Å². The summed E-state index contributed by atoms with van der Waals surface area (Å²) in [7, 11) is 0. The van der Waals surface area contributed by atoms with Crippen molar-refractivity contribution in [2.45, 2.75) is 25.9 Å². The van der Waals surface area contributed by atoms with Crippen LogP contribution >= 0.6 is 46.4 Å². The number of benzene rings is 4. The summed E-state index contributed by atoms with van der Waals surface area (Å²) in [5.41, 5.74) is 4.24. The number of carbonyl (C=O) groups is 4. The van der Waals surface area contributed by atoms with Gasteiger partial charge in [0.25, 0.3) is 23.6 Å². The molecule has 2 atom stereocenters. The van der Waals surface area contributed by atoms with E-state index in [4.69, 9.17) is 46.4 Å². The van der Waals surface area contributed by atoms with Gasteiger partial charge < -0.3 is 0 Å². The summed E-state index contributed by atoms with van der Waals surface area (Å²) in [6.45, 7) is 3.49. The third-order valence-electron chi connectivity index (χ3n) is 9.99. The second-order valence-corrected chi connectivity index (χ2v) is 14.8. The number of halogens is 5. The third kappa shape index (κ3) is 6.58. The van der Waals surface area contributed by atoms with Crippen molar-refractivity contribution in [1.29, 1.82) is 0 Å². The Morgan fingerprint density at radius 1 is 0.526 bits per heavy atom. The van der Waals surface area contributed by atoms with Crippen molar-refractivity contribution >= 4 is 91.8 Å². The first-order valence-electron chi connectivity index (χ1n) is 17.4. The van der Waals surface area contributed by atoms with Crippen LogP contribution in [0.5, 0.6) is 0 Å². The van der Waals surface area contributed by atoms with Crippen molar-refractivity contribution in [2.24, 2.45) is 0 Å². The number of aromatic nitrogens is 3. The van der Waals surface area contributed by atoms with Gasteiger partial charge in [0.1, 0.15) is 16.1 Å². The average Bonchev–Trinajstić information content (AvgIpc) is 3.62. The van der Waals surface area contributed by atoms with Crippen LogP contribution in [-0.4, -0.2) is 48.4 Å². The second-order valence-electron chi connectivity index (χ2n) is 13.3. The minimum Gasteiger partial charge on any atom is -0.269 e. The molecule has 4 aromatic carbocycles. The van der Waals surface area contributed by atoms with E-state index in [9.17, 15) is 23.6 Å². The standard InChI is InChI=1S/C24H14Cl2FN3O2.C19H12Cl2N2O2/c1-12(30-23(31)15-6-2-3-7-16(15)24(30)32)17-9-13-5-4-8-19(25)20(13)29-21(17)18-10-14(27)11-28-22(18)26;1-10(23-18(24)12-6-2-3-7-13(12)19(23)25)14-9-11-5-4-8-15(20)16(11)22-17(14)21/h2-12H,1H3;2-10H,1H3/t12-;10-/m00/s1. The number of imide groups is 2. The fourth-order valence-corrected chi connectivity index (χ4v) is 8.09. The van der Waals surface area contributed by atoms with Gasteiger partial charge in [-0.2, -0.15) is 0 Å². The summed E-state index contributed by atoms with van der Waals surface area (Å²) < 4.78 is 14.1. The average molecular weight is 838 g/mol. The number of fused-ring (bicyclic) bond motifs is 4. The molecule has 57 heavy (non-hydrogen) atoms. The lowest BCUT2D eigenvalue weighted by molar-refractivity contribution is 0.0579. The molecule has 0 fully saturated rings. The summed E-state index contributed by atoms with van der Waals surface area (Å²) in [5, 5.41) is 2.69. The highest BCUT2D eigenvalue weighted by atomic mass is 35.5. The van der Waals surface area contributed by atoms with E-state index in [0.717, 1.165) is 11.6 Å². The number of pyridine rings is 3. The number of rotatable bonds is 5. The van der Waals surface area contributed by atoms with Crippen LogP contribution in [0, 0.1) is 5.82 Å². The minimum atomic E-state index is -0.715. The van der Waals surface area contributed by atoms with Crippen molar-refractivity contribution in [3.05, 3.63) is 169 Å². The molecule has 2 aliphatic rings. The van der Waals surface area contributed by atoms with Gasteiger partial charge in [-0.05, 0) is 68.4 Å². The lowest BCUT2D eigenvalue weighted by Gasteiger charge is -2.25. The van der Waals surface area contributed by atoms with Gasteiger partial charge in [0, 0.05) is 27.5 Å². The van der Waals surface area contributed by atoms with Crippen LogP contribution in [0.4, 0.5) is 4.39 Å². The highest BCUT2D eigenvalue weighted by Crippen LogP contribution is 2.40. The van der Waals surface area contributed by atoms with E-state index in [0.29, 0.717) is 65.5 Å². The zero-order chi connectivity index (χ0) is 40.3. The van der Waals surface area contributed by atoms with E-state index in [-0.39, 0.29) is 27.7 Å². The summed E-state index contributed by atoms with van der Waals surface area (Å²) in [5.74, 6) is -2.05. The van der Waals surface area contributed by atoms with Gasteiger partial charge in [-0.1, -0.05) is 94.9 Å². The molecule has 14 heteroatoms. The van der Waals surface area contributed by atoms with Gasteiger partial charge >= 0.3 is 0 Å². The van der Waals surface area contributed by atoms with Crippen LogP contribution in [0.25, 0.3) is 33.1 Å². The number of hydrogen-bond donors (Lipinski definition) is 0. The normalized spacial score (nSPS) is 14.5. The molecule has 0 spiro atoms. The number of hydrogen-bond acceptors (Lipinski definition) is 7. The lowest BCUT2D eigenvalue weighted by Crippen LogP contribution is -2.33. The van der Waals surface area contributed by atoms with E-state index in [1.165, 1.54) is 15.9 Å². The summed E-state index contributed by atoms with van der Waals surface area (Å²) in [6, 6.07) is 27.7. The zero-order valence-electron chi connectivity index (χ0n) is 29.8. The Kier molecular flexibility index (Phi) is 9.99. The molecular formula is C43H26Cl4FN5O4. The molecule has 282 valence electrons.